The number of carboxylic acid groups (broad SMARTS) is 1. The number of thioether (sulfide) groups is 1. The highest BCUT2D eigenvalue weighted by Gasteiger charge is 2.13. The Balaban J connectivity index is 1.88. The number of fused-ring (bicyclic) bond motifs is 1. The molecule has 0 aliphatic carbocycles. The molecule has 0 amide bonds. The summed E-state index contributed by atoms with van der Waals surface area (Å²) in [5.74, 6) is -0.0937. The van der Waals surface area contributed by atoms with Gasteiger partial charge in [0.25, 0.3) is 0 Å². The van der Waals surface area contributed by atoms with Crippen LogP contribution in [0, 0.1) is 6.92 Å². The maximum Gasteiger partial charge on any atom is 0.323 e. The first-order valence-corrected chi connectivity index (χ1v) is 7.97. The second kappa shape index (κ2) is 6.23. The van der Waals surface area contributed by atoms with Crippen molar-refractivity contribution in [3.8, 4) is 0 Å². The zero-order chi connectivity index (χ0) is 15.5. The number of para-hydroxylation sites is 2. The zero-order valence-electron chi connectivity index (χ0n) is 12.2. The van der Waals surface area contributed by atoms with E-state index in [0.29, 0.717) is 0 Å². The maximum atomic E-state index is 11.1. The van der Waals surface area contributed by atoms with Crippen molar-refractivity contribution < 1.29 is 9.90 Å². The predicted octanol–water partition coefficient (Wildman–Crippen LogP) is 3.72. The van der Waals surface area contributed by atoms with Gasteiger partial charge in [-0.1, -0.05) is 53.7 Å². The highest BCUT2D eigenvalue weighted by atomic mass is 32.2. The SMILES string of the molecule is Cc1ccc(CSc2nc3ccccc3n2CC(=O)O)cc1. The van der Waals surface area contributed by atoms with Gasteiger partial charge in [0.15, 0.2) is 5.16 Å². The third-order valence-corrected chi connectivity index (χ3v) is 4.45. The molecule has 3 rings (SSSR count). The van der Waals surface area contributed by atoms with Crippen LogP contribution in [0.3, 0.4) is 0 Å². The van der Waals surface area contributed by atoms with E-state index in [1.54, 1.807) is 16.3 Å². The van der Waals surface area contributed by atoms with E-state index in [4.69, 9.17) is 5.11 Å². The third kappa shape index (κ3) is 3.14. The van der Waals surface area contributed by atoms with Gasteiger partial charge in [-0.25, -0.2) is 4.98 Å². The lowest BCUT2D eigenvalue weighted by Gasteiger charge is -2.06. The molecule has 0 radical (unpaired) electrons. The molecular weight excluding hydrogens is 296 g/mol. The van der Waals surface area contributed by atoms with E-state index >= 15 is 0 Å². The van der Waals surface area contributed by atoms with Crippen LogP contribution in [0.25, 0.3) is 11.0 Å². The Labute approximate surface area is 132 Å². The van der Waals surface area contributed by atoms with Gasteiger partial charge in [0.1, 0.15) is 6.54 Å². The van der Waals surface area contributed by atoms with Gasteiger partial charge in [-0.3, -0.25) is 4.79 Å². The predicted molar refractivity (Wildman–Crippen MR) is 88.1 cm³/mol. The molecule has 3 aromatic rings. The molecule has 22 heavy (non-hydrogen) atoms. The molecule has 0 aliphatic rings. The van der Waals surface area contributed by atoms with Crippen molar-refractivity contribution in [3.05, 3.63) is 59.7 Å². The average Bonchev–Trinajstić information content (AvgIpc) is 2.84. The molecule has 2 aromatic carbocycles. The van der Waals surface area contributed by atoms with E-state index in [0.717, 1.165) is 21.9 Å². The molecule has 1 aromatic heterocycles. The highest BCUT2D eigenvalue weighted by molar-refractivity contribution is 7.98. The van der Waals surface area contributed by atoms with Crippen LogP contribution in [0.1, 0.15) is 11.1 Å². The molecule has 0 spiro atoms. The first-order valence-electron chi connectivity index (χ1n) is 6.99. The Hall–Kier alpha value is -2.27. The largest absolute Gasteiger partial charge is 0.480 e. The Morgan fingerprint density at radius 1 is 1.18 bits per heavy atom. The van der Waals surface area contributed by atoms with Crippen molar-refractivity contribution in [1.29, 1.82) is 0 Å². The average molecular weight is 312 g/mol. The van der Waals surface area contributed by atoms with Crippen molar-refractivity contribution in [2.45, 2.75) is 24.4 Å². The fourth-order valence-corrected chi connectivity index (χ4v) is 3.25. The second-order valence-corrected chi connectivity index (χ2v) is 6.08. The number of aromatic nitrogens is 2. The molecule has 112 valence electrons. The number of imidazole rings is 1. The Bertz CT molecular complexity index is 809. The molecule has 0 saturated carbocycles. The van der Waals surface area contributed by atoms with Crippen molar-refractivity contribution in [1.82, 2.24) is 9.55 Å². The fraction of sp³-hybridized carbons (Fsp3) is 0.176. The van der Waals surface area contributed by atoms with E-state index in [2.05, 4.69) is 36.2 Å². The number of aryl methyl sites for hydroxylation is 1. The summed E-state index contributed by atoms with van der Waals surface area (Å²) in [4.78, 5) is 15.7. The summed E-state index contributed by atoms with van der Waals surface area (Å²) in [6.45, 7) is 1.99. The minimum atomic E-state index is -0.861. The summed E-state index contributed by atoms with van der Waals surface area (Å²) in [5, 5.41) is 9.87. The van der Waals surface area contributed by atoms with Crippen LogP contribution in [0.2, 0.25) is 0 Å². The van der Waals surface area contributed by atoms with Gasteiger partial charge in [0.2, 0.25) is 0 Å². The summed E-state index contributed by atoms with van der Waals surface area (Å²) >= 11 is 1.56. The van der Waals surface area contributed by atoms with Gasteiger partial charge < -0.3 is 9.67 Å². The van der Waals surface area contributed by atoms with Gasteiger partial charge in [0, 0.05) is 5.75 Å². The number of carboxylic acids is 1. The number of aliphatic carboxylic acids is 1. The van der Waals surface area contributed by atoms with Crippen LogP contribution >= 0.6 is 11.8 Å². The summed E-state index contributed by atoms with van der Waals surface area (Å²) in [6.07, 6.45) is 0. The van der Waals surface area contributed by atoms with E-state index in [1.807, 2.05) is 24.3 Å². The van der Waals surface area contributed by atoms with E-state index in [9.17, 15) is 4.79 Å². The smallest absolute Gasteiger partial charge is 0.323 e. The minimum absolute atomic E-state index is 0.0727. The molecule has 0 unspecified atom stereocenters. The summed E-state index contributed by atoms with van der Waals surface area (Å²) in [7, 11) is 0. The lowest BCUT2D eigenvalue weighted by molar-refractivity contribution is -0.137. The van der Waals surface area contributed by atoms with Gasteiger partial charge in [-0.15, -0.1) is 0 Å². The normalized spacial score (nSPS) is 11.0. The molecule has 1 heterocycles. The first kappa shape index (κ1) is 14.7. The van der Waals surface area contributed by atoms with E-state index < -0.39 is 5.97 Å². The highest BCUT2D eigenvalue weighted by Crippen LogP contribution is 2.26. The van der Waals surface area contributed by atoms with E-state index in [1.165, 1.54) is 11.1 Å². The van der Waals surface area contributed by atoms with Crippen LogP contribution in [0.15, 0.2) is 53.7 Å². The summed E-state index contributed by atoms with van der Waals surface area (Å²) in [5.41, 5.74) is 4.11. The molecular formula is C17H16N2O2S. The molecule has 1 N–H and O–H groups in total. The number of carbonyl (C=O) groups is 1. The van der Waals surface area contributed by atoms with Crippen LogP contribution < -0.4 is 0 Å². The lowest BCUT2D eigenvalue weighted by atomic mass is 10.2. The van der Waals surface area contributed by atoms with Gasteiger partial charge in [-0.2, -0.15) is 0 Å². The minimum Gasteiger partial charge on any atom is -0.480 e. The Kier molecular flexibility index (Phi) is 4.15. The van der Waals surface area contributed by atoms with Crippen molar-refractivity contribution in [2.24, 2.45) is 0 Å². The maximum absolute atomic E-state index is 11.1. The third-order valence-electron chi connectivity index (χ3n) is 3.40. The molecule has 0 fully saturated rings. The van der Waals surface area contributed by atoms with Gasteiger partial charge in [-0.05, 0) is 24.6 Å². The number of hydrogen-bond acceptors (Lipinski definition) is 3. The van der Waals surface area contributed by atoms with Crippen molar-refractivity contribution in [2.75, 3.05) is 0 Å². The van der Waals surface area contributed by atoms with Crippen molar-refractivity contribution in [3.63, 3.8) is 0 Å². The van der Waals surface area contributed by atoms with Gasteiger partial charge >= 0.3 is 5.97 Å². The van der Waals surface area contributed by atoms with Crippen molar-refractivity contribution >= 4 is 28.8 Å². The lowest BCUT2D eigenvalue weighted by Crippen LogP contribution is -2.09. The summed E-state index contributed by atoms with van der Waals surface area (Å²) < 4.78 is 1.76. The molecule has 5 heteroatoms. The molecule has 0 atom stereocenters. The van der Waals surface area contributed by atoms with E-state index in [-0.39, 0.29) is 6.54 Å². The first-order chi connectivity index (χ1) is 10.6. The van der Waals surface area contributed by atoms with Crippen LogP contribution in [-0.2, 0) is 17.1 Å². The molecule has 0 saturated heterocycles. The quantitative estimate of drug-likeness (QED) is 0.730. The van der Waals surface area contributed by atoms with Crippen LogP contribution in [-0.4, -0.2) is 20.6 Å². The number of rotatable bonds is 5. The molecule has 0 aliphatic heterocycles. The number of hydrogen-bond donors (Lipinski definition) is 1. The Morgan fingerprint density at radius 3 is 2.64 bits per heavy atom. The molecule has 4 nitrogen and oxygen atoms in total. The molecule has 0 bridgehead atoms. The number of benzene rings is 2. The summed E-state index contributed by atoms with van der Waals surface area (Å²) in [6, 6.07) is 16.0. The monoisotopic (exact) mass is 312 g/mol. The fourth-order valence-electron chi connectivity index (χ4n) is 2.28. The number of nitrogens with zero attached hydrogens (tertiary/aromatic N) is 2. The second-order valence-electron chi connectivity index (χ2n) is 5.14. The zero-order valence-corrected chi connectivity index (χ0v) is 13.0. The van der Waals surface area contributed by atoms with Crippen LogP contribution in [0.4, 0.5) is 0 Å². The standard InChI is InChI=1S/C17H16N2O2S/c1-12-6-8-13(9-7-12)11-22-17-18-14-4-2-3-5-15(14)19(17)10-16(20)21/h2-9H,10-11H2,1H3,(H,20,21). The van der Waals surface area contributed by atoms with Crippen LogP contribution in [0.5, 0.6) is 0 Å². The topological polar surface area (TPSA) is 55.1 Å². The van der Waals surface area contributed by atoms with Gasteiger partial charge in [0.05, 0.1) is 11.0 Å². The Morgan fingerprint density at radius 2 is 1.91 bits per heavy atom.